The third kappa shape index (κ3) is 5.59. The highest BCUT2D eigenvalue weighted by atomic mass is 79.9. The lowest BCUT2D eigenvalue weighted by molar-refractivity contribution is 0.0867. The summed E-state index contributed by atoms with van der Waals surface area (Å²) in [6.07, 6.45) is 0.711. The fourth-order valence-corrected chi connectivity index (χ4v) is 1.99. The summed E-state index contributed by atoms with van der Waals surface area (Å²) in [5.74, 6) is 0.555. The molecule has 0 aliphatic rings. The van der Waals surface area contributed by atoms with Crippen LogP contribution < -0.4 is 10.1 Å². The van der Waals surface area contributed by atoms with Gasteiger partial charge in [0.25, 0.3) is 5.91 Å². The first-order valence-electron chi connectivity index (χ1n) is 5.99. The molecule has 0 heterocycles. The van der Waals surface area contributed by atoms with Gasteiger partial charge in [-0.2, -0.15) is 0 Å². The first-order chi connectivity index (χ1) is 9.19. The Morgan fingerprint density at radius 2 is 2.21 bits per heavy atom. The van der Waals surface area contributed by atoms with Gasteiger partial charge in [0.2, 0.25) is 0 Å². The minimum absolute atomic E-state index is 0.0201. The smallest absolute Gasteiger partial charge is 0.251 e. The molecular formula is C13H18BrNO4. The Morgan fingerprint density at radius 1 is 1.42 bits per heavy atom. The number of benzene rings is 1. The first kappa shape index (κ1) is 15.9. The molecule has 0 unspecified atom stereocenters. The third-order valence-electron chi connectivity index (χ3n) is 2.40. The van der Waals surface area contributed by atoms with Crippen LogP contribution in [0.15, 0.2) is 22.7 Å². The van der Waals surface area contributed by atoms with E-state index in [4.69, 9.17) is 14.6 Å². The lowest BCUT2D eigenvalue weighted by atomic mass is 10.2. The van der Waals surface area contributed by atoms with Crippen molar-refractivity contribution in [1.82, 2.24) is 5.32 Å². The van der Waals surface area contributed by atoms with Gasteiger partial charge in [-0.3, -0.25) is 4.79 Å². The highest BCUT2D eigenvalue weighted by molar-refractivity contribution is 9.10. The first-order valence-corrected chi connectivity index (χ1v) is 6.78. The molecule has 6 heteroatoms. The van der Waals surface area contributed by atoms with E-state index in [9.17, 15) is 4.79 Å². The summed E-state index contributed by atoms with van der Waals surface area (Å²) in [5.41, 5.74) is 0.573. The van der Waals surface area contributed by atoms with Gasteiger partial charge in [0, 0.05) is 18.7 Å². The van der Waals surface area contributed by atoms with Crippen LogP contribution >= 0.6 is 15.9 Å². The van der Waals surface area contributed by atoms with Crippen LogP contribution in [0, 0.1) is 0 Å². The zero-order valence-electron chi connectivity index (χ0n) is 10.8. The maximum atomic E-state index is 11.8. The molecule has 5 nitrogen and oxygen atoms in total. The number of aliphatic hydroxyl groups is 1. The number of aliphatic hydroxyl groups excluding tert-OH is 1. The molecule has 0 spiro atoms. The second-order valence-corrected chi connectivity index (χ2v) is 4.65. The second kappa shape index (κ2) is 8.90. The normalized spacial score (nSPS) is 10.3. The number of rotatable bonds is 8. The van der Waals surface area contributed by atoms with Crippen molar-refractivity contribution in [3.8, 4) is 5.75 Å². The Morgan fingerprint density at radius 3 is 2.84 bits per heavy atom. The second-order valence-electron chi connectivity index (χ2n) is 3.79. The van der Waals surface area contributed by atoms with Crippen molar-refractivity contribution in [3.63, 3.8) is 0 Å². The van der Waals surface area contributed by atoms with E-state index >= 15 is 0 Å². The molecule has 1 amide bonds. The van der Waals surface area contributed by atoms with Gasteiger partial charge >= 0.3 is 0 Å². The standard InChI is InChI=1S/C13H18BrNO4/c1-18-12-4-3-10(9-11(12)14)13(17)15-5-2-7-19-8-6-16/h3-4,9,16H,2,5-8H2,1H3,(H,15,17). The molecule has 0 fully saturated rings. The topological polar surface area (TPSA) is 67.8 Å². The summed E-state index contributed by atoms with van der Waals surface area (Å²) in [6, 6.07) is 5.17. The van der Waals surface area contributed by atoms with Gasteiger partial charge in [0.1, 0.15) is 5.75 Å². The van der Waals surface area contributed by atoms with E-state index in [-0.39, 0.29) is 12.5 Å². The van der Waals surface area contributed by atoms with Gasteiger partial charge in [-0.05, 0) is 40.5 Å². The van der Waals surface area contributed by atoms with E-state index in [0.29, 0.717) is 37.5 Å². The van der Waals surface area contributed by atoms with E-state index < -0.39 is 0 Å². The predicted octanol–water partition coefficient (Wildman–Crippen LogP) is 1.59. The van der Waals surface area contributed by atoms with Gasteiger partial charge in [0.15, 0.2) is 0 Å². The lowest BCUT2D eigenvalue weighted by Crippen LogP contribution is -2.25. The molecule has 0 bridgehead atoms. The van der Waals surface area contributed by atoms with Crippen LogP contribution in [0.3, 0.4) is 0 Å². The Labute approximate surface area is 121 Å². The lowest BCUT2D eigenvalue weighted by Gasteiger charge is -2.08. The molecule has 1 aromatic carbocycles. The number of hydrogen-bond acceptors (Lipinski definition) is 4. The van der Waals surface area contributed by atoms with Crippen molar-refractivity contribution in [1.29, 1.82) is 0 Å². The average Bonchev–Trinajstić information content (AvgIpc) is 2.42. The van der Waals surface area contributed by atoms with Crippen LogP contribution in [-0.2, 0) is 4.74 Å². The minimum Gasteiger partial charge on any atom is -0.496 e. The van der Waals surface area contributed by atoms with Crippen molar-refractivity contribution < 1.29 is 19.4 Å². The zero-order valence-corrected chi connectivity index (χ0v) is 12.4. The van der Waals surface area contributed by atoms with Gasteiger partial charge in [-0.25, -0.2) is 0 Å². The molecule has 0 aromatic heterocycles. The Bertz CT molecular complexity index is 412. The summed E-state index contributed by atoms with van der Waals surface area (Å²) >= 11 is 3.34. The molecule has 1 aromatic rings. The molecule has 0 saturated carbocycles. The van der Waals surface area contributed by atoms with Crippen LogP contribution in [0.2, 0.25) is 0 Å². The number of nitrogens with one attached hydrogen (secondary N) is 1. The Kier molecular flexibility index (Phi) is 7.47. The summed E-state index contributed by atoms with van der Waals surface area (Å²) in [5, 5.41) is 11.3. The number of ether oxygens (including phenoxy) is 2. The van der Waals surface area contributed by atoms with Crippen molar-refractivity contribution >= 4 is 21.8 Å². The van der Waals surface area contributed by atoms with Gasteiger partial charge < -0.3 is 19.9 Å². The van der Waals surface area contributed by atoms with E-state index in [2.05, 4.69) is 21.2 Å². The molecule has 1 rings (SSSR count). The van der Waals surface area contributed by atoms with Crippen LogP contribution in [0.25, 0.3) is 0 Å². The fourth-order valence-electron chi connectivity index (χ4n) is 1.45. The maximum absolute atomic E-state index is 11.8. The van der Waals surface area contributed by atoms with E-state index in [1.807, 2.05) is 0 Å². The molecule has 2 N–H and O–H groups in total. The highest BCUT2D eigenvalue weighted by Gasteiger charge is 2.08. The predicted molar refractivity (Wildman–Crippen MR) is 75.5 cm³/mol. The fraction of sp³-hybridized carbons (Fsp3) is 0.462. The summed E-state index contributed by atoms with van der Waals surface area (Å²) < 4.78 is 10.9. The summed E-state index contributed by atoms with van der Waals surface area (Å²) in [6.45, 7) is 1.41. The van der Waals surface area contributed by atoms with Crippen LogP contribution in [0.4, 0.5) is 0 Å². The molecule has 0 radical (unpaired) electrons. The van der Waals surface area contributed by atoms with Crippen molar-refractivity contribution in [2.24, 2.45) is 0 Å². The number of carbonyl (C=O) groups is 1. The van der Waals surface area contributed by atoms with Gasteiger partial charge in [-0.1, -0.05) is 0 Å². The van der Waals surface area contributed by atoms with E-state index in [1.165, 1.54) is 0 Å². The maximum Gasteiger partial charge on any atom is 0.251 e. The number of hydrogen-bond donors (Lipinski definition) is 2. The Balaban J connectivity index is 2.35. The monoisotopic (exact) mass is 331 g/mol. The number of halogens is 1. The Hall–Kier alpha value is -1.11. The number of carbonyl (C=O) groups excluding carboxylic acids is 1. The average molecular weight is 332 g/mol. The highest BCUT2D eigenvalue weighted by Crippen LogP contribution is 2.25. The number of methoxy groups -OCH3 is 1. The van der Waals surface area contributed by atoms with Crippen molar-refractivity contribution in [3.05, 3.63) is 28.2 Å². The molecule has 106 valence electrons. The van der Waals surface area contributed by atoms with Crippen molar-refractivity contribution in [2.45, 2.75) is 6.42 Å². The third-order valence-corrected chi connectivity index (χ3v) is 3.02. The van der Waals surface area contributed by atoms with Crippen molar-refractivity contribution in [2.75, 3.05) is 33.5 Å². The molecule has 0 atom stereocenters. The molecule has 0 saturated heterocycles. The molecular weight excluding hydrogens is 314 g/mol. The van der Waals surface area contributed by atoms with E-state index in [0.717, 1.165) is 4.47 Å². The van der Waals surface area contributed by atoms with Gasteiger partial charge in [-0.15, -0.1) is 0 Å². The summed E-state index contributed by atoms with van der Waals surface area (Å²) in [4.78, 5) is 11.8. The van der Waals surface area contributed by atoms with E-state index in [1.54, 1.807) is 25.3 Å². The largest absolute Gasteiger partial charge is 0.496 e. The van der Waals surface area contributed by atoms with Gasteiger partial charge in [0.05, 0.1) is 24.8 Å². The quantitative estimate of drug-likeness (QED) is 0.710. The zero-order chi connectivity index (χ0) is 14.1. The van der Waals surface area contributed by atoms with Crippen LogP contribution in [0.1, 0.15) is 16.8 Å². The minimum atomic E-state index is -0.134. The number of amides is 1. The van der Waals surface area contributed by atoms with Crippen LogP contribution in [0.5, 0.6) is 5.75 Å². The summed E-state index contributed by atoms with van der Waals surface area (Å²) in [7, 11) is 1.58. The SMILES string of the molecule is COc1ccc(C(=O)NCCCOCCO)cc1Br. The molecule has 19 heavy (non-hydrogen) atoms. The molecule has 0 aliphatic heterocycles. The molecule has 0 aliphatic carbocycles. The van der Waals surface area contributed by atoms with Crippen LogP contribution in [-0.4, -0.2) is 44.5 Å².